The van der Waals surface area contributed by atoms with Crippen LogP contribution in [0, 0.1) is 0 Å². The average molecular weight is 203 g/mol. The molecule has 0 fully saturated rings. The van der Waals surface area contributed by atoms with Crippen molar-refractivity contribution in [3.63, 3.8) is 0 Å². The zero-order chi connectivity index (χ0) is 10.1. The van der Waals surface area contributed by atoms with Crippen LogP contribution in [0.1, 0.15) is 19.8 Å². The highest BCUT2D eigenvalue weighted by atomic mass is 32.2. The third-order valence-electron chi connectivity index (χ3n) is 1.45. The van der Waals surface area contributed by atoms with Crippen LogP contribution in [-0.2, 0) is 4.79 Å². The van der Waals surface area contributed by atoms with E-state index in [9.17, 15) is 4.79 Å². The molecule has 5 heteroatoms. The SMILES string of the molecule is CC/C(N)=N/CNC(=O)CCSC. The molecule has 0 aliphatic carbocycles. The second-order valence-electron chi connectivity index (χ2n) is 2.50. The molecule has 1 amide bonds. The van der Waals surface area contributed by atoms with E-state index < -0.39 is 0 Å². The third-order valence-corrected chi connectivity index (χ3v) is 2.07. The maximum absolute atomic E-state index is 11.0. The minimum Gasteiger partial charge on any atom is -0.387 e. The number of thioether (sulfide) groups is 1. The van der Waals surface area contributed by atoms with E-state index in [-0.39, 0.29) is 5.91 Å². The van der Waals surface area contributed by atoms with Gasteiger partial charge in [0.2, 0.25) is 5.91 Å². The molecular weight excluding hydrogens is 186 g/mol. The van der Waals surface area contributed by atoms with Gasteiger partial charge in [-0.15, -0.1) is 0 Å². The summed E-state index contributed by atoms with van der Waals surface area (Å²) in [5.41, 5.74) is 5.45. The first kappa shape index (κ1) is 12.3. The quantitative estimate of drug-likeness (QED) is 0.490. The largest absolute Gasteiger partial charge is 0.387 e. The van der Waals surface area contributed by atoms with Gasteiger partial charge in [-0.05, 0) is 6.26 Å². The number of carbonyl (C=O) groups is 1. The molecule has 0 atom stereocenters. The van der Waals surface area contributed by atoms with Gasteiger partial charge in [0.05, 0.1) is 5.84 Å². The Labute approximate surface area is 83.4 Å². The normalized spacial score (nSPS) is 11.4. The van der Waals surface area contributed by atoms with Crippen molar-refractivity contribution in [1.82, 2.24) is 5.32 Å². The highest BCUT2D eigenvalue weighted by Gasteiger charge is 1.97. The molecule has 0 rings (SSSR count). The first-order valence-electron chi connectivity index (χ1n) is 4.25. The van der Waals surface area contributed by atoms with E-state index in [2.05, 4.69) is 10.3 Å². The van der Waals surface area contributed by atoms with Crippen LogP contribution < -0.4 is 11.1 Å². The molecule has 0 aliphatic rings. The number of amidine groups is 1. The number of nitrogens with one attached hydrogen (secondary N) is 1. The van der Waals surface area contributed by atoms with E-state index in [1.54, 1.807) is 11.8 Å². The van der Waals surface area contributed by atoms with E-state index in [0.29, 0.717) is 18.9 Å². The number of hydrogen-bond donors (Lipinski definition) is 2. The van der Waals surface area contributed by atoms with Crippen molar-refractivity contribution in [2.75, 3.05) is 18.7 Å². The van der Waals surface area contributed by atoms with Crippen LogP contribution >= 0.6 is 11.8 Å². The molecule has 0 radical (unpaired) electrons. The van der Waals surface area contributed by atoms with E-state index in [1.165, 1.54) is 0 Å². The van der Waals surface area contributed by atoms with Crippen LogP contribution in [0.5, 0.6) is 0 Å². The zero-order valence-corrected chi connectivity index (χ0v) is 8.99. The van der Waals surface area contributed by atoms with Crippen molar-refractivity contribution in [3.8, 4) is 0 Å². The minimum atomic E-state index is 0.0296. The minimum absolute atomic E-state index is 0.0296. The summed E-state index contributed by atoms with van der Waals surface area (Å²) >= 11 is 1.65. The second kappa shape index (κ2) is 7.91. The molecule has 3 N–H and O–H groups in total. The third kappa shape index (κ3) is 7.64. The summed E-state index contributed by atoms with van der Waals surface area (Å²) in [6, 6.07) is 0. The maximum atomic E-state index is 11.0. The molecule has 0 aromatic carbocycles. The van der Waals surface area contributed by atoms with Gasteiger partial charge in [-0.2, -0.15) is 11.8 Å². The van der Waals surface area contributed by atoms with Crippen LogP contribution in [0.2, 0.25) is 0 Å². The lowest BCUT2D eigenvalue weighted by molar-refractivity contribution is -0.120. The summed E-state index contributed by atoms with van der Waals surface area (Å²) in [6.45, 7) is 2.22. The Balaban J connectivity index is 3.47. The summed E-state index contributed by atoms with van der Waals surface area (Å²) in [5, 5.41) is 2.66. The maximum Gasteiger partial charge on any atom is 0.222 e. The summed E-state index contributed by atoms with van der Waals surface area (Å²) in [5.74, 6) is 1.45. The molecule has 0 saturated carbocycles. The van der Waals surface area contributed by atoms with Gasteiger partial charge >= 0.3 is 0 Å². The molecule has 0 unspecified atom stereocenters. The Bertz CT molecular complexity index is 182. The van der Waals surface area contributed by atoms with Gasteiger partial charge in [0.1, 0.15) is 6.67 Å². The molecule has 13 heavy (non-hydrogen) atoms. The first-order valence-corrected chi connectivity index (χ1v) is 5.64. The lowest BCUT2D eigenvalue weighted by atomic mass is 10.4. The number of carbonyl (C=O) groups excluding carboxylic acids is 1. The topological polar surface area (TPSA) is 67.5 Å². The van der Waals surface area contributed by atoms with Gasteiger partial charge in [-0.1, -0.05) is 6.92 Å². The number of aliphatic imine (C=N–C) groups is 1. The van der Waals surface area contributed by atoms with Crippen LogP contribution in [0.4, 0.5) is 0 Å². The molecule has 0 heterocycles. The summed E-state index contributed by atoms with van der Waals surface area (Å²) in [7, 11) is 0. The summed E-state index contributed by atoms with van der Waals surface area (Å²) in [6.07, 6.45) is 3.24. The second-order valence-corrected chi connectivity index (χ2v) is 3.49. The number of rotatable bonds is 6. The predicted octanol–water partition coefficient (Wildman–Crippen LogP) is 0.580. The van der Waals surface area contributed by atoms with Gasteiger partial charge in [0, 0.05) is 18.6 Å². The zero-order valence-electron chi connectivity index (χ0n) is 8.17. The molecule has 0 saturated heterocycles. The fourth-order valence-electron chi connectivity index (χ4n) is 0.624. The molecule has 0 bridgehead atoms. The van der Waals surface area contributed by atoms with Gasteiger partial charge in [0.15, 0.2) is 0 Å². The monoisotopic (exact) mass is 203 g/mol. The molecular formula is C8H17N3OS. The van der Waals surface area contributed by atoms with Gasteiger partial charge < -0.3 is 11.1 Å². The van der Waals surface area contributed by atoms with Crippen LogP contribution in [-0.4, -0.2) is 30.4 Å². The molecule has 0 spiro atoms. The Morgan fingerprint density at radius 2 is 2.31 bits per heavy atom. The smallest absolute Gasteiger partial charge is 0.222 e. The Kier molecular flexibility index (Phi) is 7.48. The molecule has 0 aliphatic heterocycles. The van der Waals surface area contributed by atoms with Gasteiger partial charge in [0.25, 0.3) is 0 Å². The molecule has 0 aromatic rings. The summed E-state index contributed by atoms with van der Waals surface area (Å²) in [4.78, 5) is 15.0. The first-order chi connectivity index (χ1) is 6.20. The lowest BCUT2D eigenvalue weighted by Crippen LogP contribution is -2.25. The summed E-state index contributed by atoms with van der Waals surface area (Å²) < 4.78 is 0. The van der Waals surface area contributed by atoms with Gasteiger partial charge in [-0.25, -0.2) is 0 Å². The fraction of sp³-hybridized carbons (Fsp3) is 0.750. The molecule has 76 valence electrons. The standard InChI is InChI=1S/C8H17N3OS/c1-3-7(9)10-6-11-8(12)4-5-13-2/h3-6H2,1-2H3,(H2,9,10)(H,11,12). The fourth-order valence-corrected chi connectivity index (χ4v) is 1.01. The van der Waals surface area contributed by atoms with Crippen LogP contribution in [0.15, 0.2) is 4.99 Å². The van der Waals surface area contributed by atoms with Crippen molar-refractivity contribution in [1.29, 1.82) is 0 Å². The van der Waals surface area contributed by atoms with E-state index in [0.717, 1.165) is 12.2 Å². The van der Waals surface area contributed by atoms with Crippen LogP contribution in [0.3, 0.4) is 0 Å². The number of amides is 1. The highest BCUT2D eigenvalue weighted by molar-refractivity contribution is 7.98. The van der Waals surface area contributed by atoms with Crippen molar-refractivity contribution in [2.45, 2.75) is 19.8 Å². The predicted molar refractivity (Wildman–Crippen MR) is 57.9 cm³/mol. The number of nitrogens with zero attached hydrogens (tertiary/aromatic N) is 1. The number of hydrogen-bond acceptors (Lipinski definition) is 3. The Morgan fingerprint density at radius 3 is 2.85 bits per heavy atom. The Hall–Kier alpha value is -0.710. The highest BCUT2D eigenvalue weighted by Crippen LogP contribution is 1.94. The van der Waals surface area contributed by atoms with E-state index >= 15 is 0 Å². The van der Waals surface area contributed by atoms with Crippen molar-refractivity contribution in [3.05, 3.63) is 0 Å². The van der Waals surface area contributed by atoms with Crippen molar-refractivity contribution in [2.24, 2.45) is 10.7 Å². The van der Waals surface area contributed by atoms with Crippen LogP contribution in [0.25, 0.3) is 0 Å². The van der Waals surface area contributed by atoms with E-state index in [1.807, 2.05) is 13.2 Å². The molecule has 0 aromatic heterocycles. The van der Waals surface area contributed by atoms with Crippen molar-refractivity contribution < 1.29 is 4.79 Å². The molecule has 4 nitrogen and oxygen atoms in total. The van der Waals surface area contributed by atoms with E-state index in [4.69, 9.17) is 5.73 Å². The average Bonchev–Trinajstić information content (AvgIpc) is 2.14. The van der Waals surface area contributed by atoms with Gasteiger partial charge in [-0.3, -0.25) is 9.79 Å². The van der Waals surface area contributed by atoms with Crippen molar-refractivity contribution >= 4 is 23.5 Å². The lowest BCUT2D eigenvalue weighted by Gasteiger charge is -2.01. The Morgan fingerprint density at radius 1 is 1.62 bits per heavy atom. The number of nitrogens with two attached hydrogens (primary N) is 1.